The molecule has 0 atom stereocenters. The summed E-state index contributed by atoms with van der Waals surface area (Å²) < 4.78 is 0. The minimum absolute atomic E-state index is 0. The molecule has 0 heterocycles. The maximum atomic E-state index is 10.3. The number of hydrogen-bond donors (Lipinski definition) is 1. The predicted octanol–water partition coefficient (Wildman–Crippen LogP) is 0.342. The number of aliphatic carboxylic acids is 1. The SMILES string of the molecule is CCCCCCCC/C=C\CCCCCCCC(=O)O.[H-].[H-].[K+].[Li+]. The van der Waals surface area contributed by atoms with Gasteiger partial charge >= 0.3 is 76.2 Å². The van der Waals surface area contributed by atoms with Crippen LogP contribution >= 0.6 is 0 Å². The van der Waals surface area contributed by atoms with Crippen LogP contribution in [0.15, 0.2) is 12.2 Å². The summed E-state index contributed by atoms with van der Waals surface area (Å²) in [7, 11) is 0. The fourth-order valence-electron chi connectivity index (χ4n) is 2.35. The number of rotatable bonds is 15. The van der Waals surface area contributed by atoms with E-state index in [-0.39, 0.29) is 73.1 Å². The third kappa shape index (κ3) is 26.3. The molecular weight excluding hydrogens is 294 g/mol. The topological polar surface area (TPSA) is 37.3 Å². The number of carboxylic acids is 1. The van der Waals surface area contributed by atoms with Crippen molar-refractivity contribution in [2.24, 2.45) is 0 Å². The molecule has 0 fully saturated rings. The summed E-state index contributed by atoms with van der Waals surface area (Å²) in [4.78, 5) is 10.3. The van der Waals surface area contributed by atoms with Gasteiger partial charge in [0.05, 0.1) is 0 Å². The Morgan fingerprint density at radius 3 is 1.68 bits per heavy atom. The molecule has 0 aliphatic carbocycles. The van der Waals surface area contributed by atoms with Gasteiger partial charge in [0.15, 0.2) is 0 Å². The molecule has 0 aromatic carbocycles. The molecule has 0 radical (unpaired) electrons. The predicted molar refractivity (Wildman–Crippen MR) is 89.3 cm³/mol. The molecule has 0 aliphatic rings. The van der Waals surface area contributed by atoms with Gasteiger partial charge in [-0.1, -0.05) is 70.4 Å². The molecule has 0 saturated heterocycles. The standard InChI is InChI=1S/C18H34O2.K.Li.2H/c1-2-3-4-5-6-7-8-9-10-11-12-13-14-15-16-17-18(19)20;;;;/h9-10H,2-8,11-17H2,1H3,(H,19,20);;;;/q;2*+1;2*-1/b10-9-;;;;. The third-order valence-electron chi connectivity index (χ3n) is 3.65. The van der Waals surface area contributed by atoms with E-state index < -0.39 is 5.97 Å². The fourth-order valence-corrected chi connectivity index (χ4v) is 2.35. The smallest absolute Gasteiger partial charge is 1.00 e. The van der Waals surface area contributed by atoms with Crippen LogP contribution < -0.4 is 70.2 Å². The summed E-state index contributed by atoms with van der Waals surface area (Å²) >= 11 is 0. The van der Waals surface area contributed by atoms with Crippen LogP contribution in [0.5, 0.6) is 0 Å². The first-order valence-corrected chi connectivity index (χ1v) is 8.64. The first-order chi connectivity index (χ1) is 9.77. The van der Waals surface area contributed by atoms with Gasteiger partial charge in [-0.25, -0.2) is 0 Å². The van der Waals surface area contributed by atoms with Crippen LogP contribution in [0.1, 0.15) is 99.7 Å². The van der Waals surface area contributed by atoms with Crippen molar-refractivity contribution in [3.8, 4) is 0 Å². The van der Waals surface area contributed by atoms with Crippen molar-refractivity contribution in [3.05, 3.63) is 12.2 Å². The molecule has 0 spiro atoms. The van der Waals surface area contributed by atoms with Crippen LogP contribution in [0.25, 0.3) is 0 Å². The minimum Gasteiger partial charge on any atom is -1.00 e. The monoisotopic (exact) mass is 330 g/mol. The van der Waals surface area contributed by atoms with E-state index in [4.69, 9.17) is 5.11 Å². The van der Waals surface area contributed by atoms with Crippen molar-refractivity contribution in [3.63, 3.8) is 0 Å². The van der Waals surface area contributed by atoms with E-state index in [9.17, 15) is 4.79 Å². The second-order valence-corrected chi connectivity index (χ2v) is 5.73. The van der Waals surface area contributed by atoms with E-state index in [0.29, 0.717) is 6.42 Å². The molecular formula is C18H36KLiO2. The van der Waals surface area contributed by atoms with Crippen molar-refractivity contribution in [1.29, 1.82) is 0 Å². The van der Waals surface area contributed by atoms with E-state index >= 15 is 0 Å². The van der Waals surface area contributed by atoms with E-state index in [0.717, 1.165) is 12.8 Å². The summed E-state index contributed by atoms with van der Waals surface area (Å²) in [6, 6.07) is 0. The van der Waals surface area contributed by atoms with Gasteiger partial charge in [-0.3, -0.25) is 4.79 Å². The van der Waals surface area contributed by atoms with Gasteiger partial charge in [0, 0.05) is 6.42 Å². The molecule has 0 aliphatic heterocycles. The van der Waals surface area contributed by atoms with Crippen molar-refractivity contribution in [2.75, 3.05) is 0 Å². The Kier molecular flexibility index (Phi) is 31.7. The zero-order valence-electron chi connectivity index (χ0n) is 17.4. The van der Waals surface area contributed by atoms with Crippen LogP contribution in [0, 0.1) is 0 Å². The van der Waals surface area contributed by atoms with Crippen molar-refractivity contribution in [1.82, 2.24) is 0 Å². The number of unbranched alkanes of at least 4 members (excludes halogenated alkanes) is 11. The van der Waals surface area contributed by atoms with Crippen LogP contribution in [-0.4, -0.2) is 11.1 Å². The van der Waals surface area contributed by atoms with E-state index in [1.807, 2.05) is 0 Å². The van der Waals surface area contributed by atoms with Crippen LogP contribution in [0.4, 0.5) is 0 Å². The Labute approximate surface area is 195 Å². The molecule has 22 heavy (non-hydrogen) atoms. The Hall–Kier alpha value is 1.44. The summed E-state index contributed by atoms with van der Waals surface area (Å²) in [6.07, 6.45) is 21.2. The number of hydrogen-bond acceptors (Lipinski definition) is 1. The molecule has 0 unspecified atom stereocenters. The van der Waals surface area contributed by atoms with Gasteiger partial charge in [-0.2, -0.15) is 0 Å². The molecule has 1 N–H and O–H groups in total. The van der Waals surface area contributed by atoms with Gasteiger partial charge in [0.2, 0.25) is 0 Å². The van der Waals surface area contributed by atoms with Crippen molar-refractivity contribution < 1.29 is 83.0 Å². The molecule has 0 saturated carbocycles. The second-order valence-electron chi connectivity index (χ2n) is 5.73. The average Bonchev–Trinajstić information content (AvgIpc) is 2.43. The van der Waals surface area contributed by atoms with E-state index in [2.05, 4.69) is 19.1 Å². The van der Waals surface area contributed by atoms with Crippen LogP contribution in [0.2, 0.25) is 0 Å². The van der Waals surface area contributed by atoms with Crippen LogP contribution in [-0.2, 0) is 4.79 Å². The first kappa shape index (κ1) is 28.3. The quantitative estimate of drug-likeness (QED) is 0.267. The van der Waals surface area contributed by atoms with Gasteiger partial charge < -0.3 is 7.96 Å². The Balaban J connectivity index is -0.000000301. The Morgan fingerprint density at radius 1 is 0.818 bits per heavy atom. The molecule has 4 heteroatoms. The first-order valence-electron chi connectivity index (χ1n) is 8.64. The maximum absolute atomic E-state index is 10.3. The average molecular weight is 331 g/mol. The molecule has 0 aromatic heterocycles. The molecule has 0 bridgehead atoms. The third-order valence-corrected chi connectivity index (χ3v) is 3.65. The Bertz CT molecular complexity index is 255. The number of allylic oxidation sites excluding steroid dienone is 2. The fraction of sp³-hybridized carbons (Fsp3) is 0.833. The van der Waals surface area contributed by atoms with E-state index in [1.54, 1.807) is 0 Å². The molecule has 0 aromatic rings. The summed E-state index contributed by atoms with van der Waals surface area (Å²) in [5.74, 6) is -0.664. The van der Waals surface area contributed by atoms with Crippen molar-refractivity contribution >= 4 is 5.97 Å². The Morgan fingerprint density at radius 2 is 1.23 bits per heavy atom. The van der Waals surface area contributed by atoms with Gasteiger partial charge in [0.1, 0.15) is 0 Å². The van der Waals surface area contributed by atoms with E-state index in [1.165, 1.54) is 70.6 Å². The number of carboxylic acid groups (broad SMARTS) is 1. The minimum atomic E-state index is -0.664. The number of carbonyl (C=O) groups is 1. The van der Waals surface area contributed by atoms with Crippen LogP contribution in [0.3, 0.4) is 0 Å². The summed E-state index contributed by atoms with van der Waals surface area (Å²) in [5.41, 5.74) is 0. The van der Waals surface area contributed by atoms with Gasteiger partial charge in [0.25, 0.3) is 0 Å². The van der Waals surface area contributed by atoms with Gasteiger partial charge in [-0.15, -0.1) is 0 Å². The largest absolute Gasteiger partial charge is 1.00 e. The van der Waals surface area contributed by atoms with Crippen molar-refractivity contribution in [2.45, 2.75) is 96.8 Å². The maximum Gasteiger partial charge on any atom is 1.00 e. The zero-order chi connectivity index (χ0) is 14.9. The normalized spacial score (nSPS) is 10.2. The van der Waals surface area contributed by atoms with Gasteiger partial charge in [-0.05, 0) is 32.1 Å². The second kappa shape index (κ2) is 24.7. The molecule has 0 amide bonds. The zero-order valence-corrected chi connectivity index (χ0v) is 18.5. The molecule has 0 rings (SSSR count). The molecule has 122 valence electrons. The summed E-state index contributed by atoms with van der Waals surface area (Å²) in [6.45, 7) is 2.26. The molecule has 2 nitrogen and oxygen atoms in total. The summed E-state index contributed by atoms with van der Waals surface area (Å²) in [5, 5.41) is 8.51.